The first-order valence-electron chi connectivity index (χ1n) is 4.48. The average molecular weight is 215 g/mol. The third-order valence-corrected chi connectivity index (χ3v) is 2.05. The molecule has 0 radical (unpaired) electrons. The number of hydrogen-bond donors (Lipinski definition) is 3. The SMILES string of the molecule is C=N/C=C(\C=N)C(=C)c1c(N)ccnc1N. The summed E-state index contributed by atoms with van der Waals surface area (Å²) in [7, 11) is 0. The molecule has 0 unspecified atom stereocenters. The van der Waals surface area contributed by atoms with Gasteiger partial charge in [-0.05, 0) is 18.4 Å². The van der Waals surface area contributed by atoms with Gasteiger partial charge in [-0.25, -0.2) is 4.98 Å². The number of nitrogens with two attached hydrogens (primary N) is 2. The first kappa shape index (κ1) is 11.6. The molecule has 0 saturated carbocycles. The molecule has 5 nitrogen and oxygen atoms in total. The van der Waals surface area contributed by atoms with E-state index < -0.39 is 0 Å². The number of nitrogen functional groups attached to an aromatic ring is 2. The number of pyridine rings is 1. The molecule has 0 aliphatic carbocycles. The largest absolute Gasteiger partial charge is 0.398 e. The molecular formula is C11H13N5. The lowest BCUT2D eigenvalue weighted by Gasteiger charge is -2.10. The maximum atomic E-state index is 7.24. The highest BCUT2D eigenvalue weighted by Crippen LogP contribution is 2.28. The van der Waals surface area contributed by atoms with Gasteiger partial charge in [-0.15, -0.1) is 0 Å². The maximum absolute atomic E-state index is 7.24. The number of nitrogens with zero attached hydrogens (tertiary/aromatic N) is 2. The minimum absolute atomic E-state index is 0.279. The van der Waals surface area contributed by atoms with Crippen LogP contribution >= 0.6 is 0 Å². The van der Waals surface area contributed by atoms with E-state index in [-0.39, 0.29) is 5.82 Å². The van der Waals surface area contributed by atoms with Crippen molar-refractivity contribution in [3.05, 3.63) is 36.2 Å². The quantitative estimate of drug-likeness (QED) is 0.523. The predicted octanol–water partition coefficient (Wildman–Crippen LogP) is 1.49. The van der Waals surface area contributed by atoms with Gasteiger partial charge in [0.25, 0.3) is 0 Å². The van der Waals surface area contributed by atoms with Crippen molar-refractivity contribution < 1.29 is 0 Å². The van der Waals surface area contributed by atoms with E-state index in [2.05, 4.69) is 23.3 Å². The van der Waals surface area contributed by atoms with Gasteiger partial charge in [0.05, 0.1) is 0 Å². The van der Waals surface area contributed by atoms with Crippen molar-refractivity contribution in [2.45, 2.75) is 0 Å². The van der Waals surface area contributed by atoms with Crippen molar-refractivity contribution >= 4 is 30.0 Å². The molecule has 5 N–H and O–H groups in total. The fourth-order valence-electron chi connectivity index (χ4n) is 1.27. The summed E-state index contributed by atoms with van der Waals surface area (Å²) >= 11 is 0. The normalized spacial score (nSPS) is 10.9. The lowest BCUT2D eigenvalue weighted by molar-refractivity contribution is 1.32. The lowest BCUT2D eigenvalue weighted by Crippen LogP contribution is -2.03. The highest BCUT2D eigenvalue weighted by atomic mass is 14.8. The molecule has 0 bridgehead atoms. The minimum Gasteiger partial charge on any atom is -0.398 e. The highest BCUT2D eigenvalue weighted by molar-refractivity contribution is 6.02. The van der Waals surface area contributed by atoms with Gasteiger partial charge in [0.15, 0.2) is 0 Å². The third-order valence-electron chi connectivity index (χ3n) is 2.05. The molecule has 1 aromatic heterocycles. The van der Waals surface area contributed by atoms with Crippen LogP contribution in [0.4, 0.5) is 11.5 Å². The molecule has 0 atom stereocenters. The van der Waals surface area contributed by atoms with Crippen LogP contribution in [0.25, 0.3) is 5.57 Å². The Morgan fingerprint density at radius 2 is 2.19 bits per heavy atom. The number of allylic oxidation sites excluding steroid dienone is 2. The van der Waals surface area contributed by atoms with Crippen LogP contribution in [0.2, 0.25) is 0 Å². The predicted molar refractivity (Wildman–Crippen MR) is 68.5 cm³/mol. The number of nitrogens with one attached hydrogen (secondary N) is 1. The van der Waals surface area contributed by atoms with Crippen LogP contribution in [0.1, 0.15) is 5.56 Å². The molecule has 0 amide bonds. The molecule has 0 saturated heterocycles. The molecule has 16 heavy (non-hydrogen) atoms. The molecule has 82 valence electrons. The van der Waals surface area contributed by atoms with Gasteiger partial charge in [-0.3, -0.25) is 4.99 Å². The molecule has 5 heteroatoms. The molecule has 1 rings (SSSR count). The van der Waals surface area contributed by atoms with E-state index in [1.165, 1.54) is 12.4 Å². The summed E-state index contributed by atoms with van der Waals surface area (Å²) in [6.07, 6.45) is 4.05. The second-order valence-electron chi connectivity index (χ2n) is 3.05. The van der Waals surface area contributed by atoms with Gasteiger partial charge in [-0.1, -0.05) is 6.58 Å². The molecular weight excluding hydrogens is 202 g/mol. The van der Waals surface area contributed by atoms with Crippen molar-refractivity contribution in [1.29, 1.82) is 5.41 Å². The van der Waals surface area contributed by atoms with Crippen LogP contribution in [0.3, 0.4) is 0 Å². The standard InChI is InChI=1S/C11H13N5/c1-7(8(5-12)6-15-2)10-9(13)3-4-16-11(10)14/h3-6,12H,1-2H2,(H4,13,14,16)/b8-6+,12-5?. The Kier molecular flexibility index (Phi) is 3.55. The zero-order chi connectivity index (χ0) is 12.1. The first-order valence-corrected chi connectivity index (χ1v) is 4.48. The van der Waals surface area contributed by atoms with Crippen molar-refractivity contribution in [3.8, 4) is 0 Å². The number of rotatable bonds is 4. The Morgan fingerprint density at radius 3 is 2.69 bits per heavy atom. The zero-order valence-electron chi connectivity index (χ0n) is 8.77. The summed E-state index contributed by atoms with van der Waals surface area (Å²) in [4.78, 5) is 7.51. The molecule has 0 aliphatic heterocycles. The fraction of sp³-hybridized carbons (Fsp3) is 0. The Labute approximate surface area is 93.7 Å². The van der Waals surface area contributed by atoms with Crippen LogP contribution in [0.15, 0.2) is 35.6 Å². The summed E-state index contributed by atoms with van der Waals surface area (Å²) in [5.74, 6) is 0.279. The summed E-state index contributed by atoms with van der Waals surface area (Å²) in [5.41, 5.74) is 13.5. The minimum atomic E-state index is 0.279. The van der Waals surface area contributed by atoms with E-state index in [1.54, 1.807) is 6.07 Å². The Bertz CT molecular complexity index is 453. The molecule has 0 aliphatic rings. The van der Waals surface area contributed by atoms with Crippen molar-refractivity contribution in [1.82, 2.24) is 4.98 Å². The van der Waals surface area contributed by atoms with Gasteiger partial charge in [0.1, 0.15) is 5.82 Å². The van der Waals surface area contributed by atoms with Crippen LogP contribution < -0.4 is 11.5 Å². The second-order valence-corrected chi connectivity index (χ2v) is 3.05. The molecule has 1 aromatic rings. The first-order chi connectivity index (χ1) is 7.61. The van der Waals surface area contributed by atoms with Gasteiger partial charge in [-0.2, -0.15) is 0 Å². The van der Waals surface area contributed by atoms with E-state index in [9.17, 15) is 0 Å². The maximum Gasteiger partial charge on any atom is 0.133 e. The van der Waals surface area contributed by atoms with E-state index in [0.29, 0.717) is 22.4 Å². The van der Waals surface area contributed by atoms with Crippen LogP contribution in [-0.4, -0.2) is 17.9 Å². The number of aliphatic imine (C=N–C) groups is 1. The third kappa shape index (κ3) is 2.14. The highest BCUT2D eigenvalue weighted by Gasteiger charge is 2.11. The smallest absolute Gasteiger partial charge is 0.133 e. The van der Waals surface area contributed by atoms with E-state index >= 15 is 0 Å². The Hall–Kier alpha value is -2.43. The van der Waals surface area contributed by atoms with Crippen molar-refractivity contribution in [2.24, 2.45) is 4.99 Å². The summed E-state index contributed by atoms with van der Waals surface area (Å²) in [5, 5.41) is 7.24. The van der Waals surface area contributed by atoms with Crippen molar-refractivity contribution in [3.63, 3.8) is 0 Å². The molecule has 1 heterocycles. The van der Waals surface area contributed by atoms with Gasteiger partial charge < -0.3 is 16.9 Å². The molecule has 0 fully saturated rings. The van der Waals surface area contributed by atoms with Gasteiger partial charge in [0, 0.05) is 35.4 Å². The van der Waals surface area contributed by atoms with Gasteiger partial charge >= 0.3 is 0 Å². The van der Waals surface area contributed by atoms with Crippen molar-refractivity contribution in [2.75, 3.05) is 11.5 Å². The fourth-order valence-corrected chi connectivity index (χ4v) is 1.27. The van der Waals surface area contributed by atoms with Gasteiger partial charge in [0.2, 0.25) is 0 Å². The number of hydrogen-bond acceptors (Lipinski definition) is 5. The monoisotopic (exact) mass is 215 g/mol. The van der Waals surface area contributed by atoms with Crippen LogP contribution in [-0.2, 0) is 0 Å². The topological polar surface area (TPSA) is 101 Å². The molecule has 0 aromatic carbocycles. The lowest BCUT2D eigenvalue weighted by atomic mass is 10.00. The average Bonchev–Trinajstić information content (AvgIpc) is 2.25. The van der Waals surface area contributed by atoms with E-state index in [4.69, 9.17) is 16.9 Å². The number of anilines is 2. The zero-order valence-corrected chi connectivity index (χ0v) is 8.77. The Morgan fingerprint density at radius 1 is 1.50 bits per heavy atom. The Balaban J connectivity index is 3.29. The van der Waals surface area contributed by atoms with E-state index in [0.717, 1.165) is 6.21 Å². The van der Waals surface area contributed by atoms with E-state index in [1.807, 2.05) is 0 Å². The summed E-state index contributed by atoms with van der Waals surface area (Å²) in [6.45, 7) is 7.15. The number of aromatic nitrogens is 1. The second kappa shape index (κ2) is 4.88. The molecule has 0 spiro atoms. The van der Waals surface area contributed by atoms with Crippen LogP contribution in [0.5, 0.6) is 0 Å². The summed E-state index contributed by atoms with van der Waals surface area (Å²) < 4.78 is 0. The summed E-state index contributed by atoms with van der Waals surface area (Å²) in [6, 6.07) is 1.62. The van der Waals surface area contributed by atoms with Crippen LogP contribution in [0, 0.1) is 5.41 Å².